The Hall–Kier alpha value is -0.820. The zero-order valence-electron chi connectivity index (χ0n) is 13.4. The molecule has 1 saturated heterocycles. The average Bonchev–Trinajstić information content (AvgIpc) is 2.48. The first-order valence-corrected chi connectivity index (χ1v) is 10.3. The summed E-state index contributed by atoms with van der Waals surface area (Å²) in [6, 6.07) is -0.180. The van der Waals surface area contributed by atoms with Crippen molar-refractivity contribution in [1.29, 1.82) is 0 Å². The number of hydrogen-bond acceptors (Lipinski definition) is 4. The molecular weight excluding hydrogens is 302 g/mol. The minimum absolute atomic E-state index is 0.0210. The molecular formula is C15H29N3O3S. The number of piperidine rings is 1. The molecule has 0 aromatic heterocycles. The molecule has 1 saturated carbocycles. The van der Waals surface area contributed by atoms with E-state index in [0.717, 1.165) is 32.4 Å². The second-order valence-corrected chi connectivity index (χ2v) is 9.02. The van der Waals surface area contributed by atoms with Crippen molar-refractivity contribution in [3.05, 3.63) is 0 Å². The number of hydrogen-bond donors (Lipinski definition) is 3. The summed E-state index contributed by atoms with van der Waals surface area (Å²) in [7, 11) is -3.00. The van der Waals surface area contributed by atoms with Gasteiger partial charge >= 0.3 is 6.03 Å². The van der Waals surface area contributed by atoms with Gasteiger partial charge in [0, 0.05) is 18.8 Å². The standard InChI is InChI=1S/C15H29N3O3S/c1-22(20,21)14-4-2-3-13(11-14)18-15(19)17-10-7-12-5-8-16-9-6-12/h12-14,16H,2-11H2,1H3,(H2,17,18,19). The Morgan fingerprint density at radius 1 is 1.18 bits per heavy atom. The molecule has 22 heavy (non-hydrogen) atoms. The van der Waals surface area contributed by atoms with E-state index in [1.54, 1.807) is 0 Å². The van der Waals surface area contributed by atoms with Crippen LogP contribution in [0.2, 0.25) is 0 Å². The Labute approximate surface area is 133 Å². The lowest BCUT2D eigenvalue weighted by Crippen LogP contribution is -2.46. The number of urea groups is 1. The predicted molar refractivity (Wildman–Crippen MR) is 87.6 cm³/mol. The first-order chi connectivity index (χ1) is 10.4. The molecule has 0 aromatic carbocycles. The van der Waals surface area contributed by atoms with Crippen LogP contribution >= 0.6 is 0 Å². The van der Waals surface area contributed by atoms with Crippen molar-refractivity contribution in [2.75, 3.05) is 25.9 Å². The third-order valence-corrected chi connectivity index (χ3v) is 6.50. The molecule has 0 radical (unpaired) electrons. The summed E-state index contributed by atoms with van der Waals surface area (Å²) >= 11 is 0. The van der Waals surface area contributed by atoms with Gasteiger partial charge in [0.1, 0.15) is 9.84 Å². The van der Waals surface area contributed by atoms with Crippen molar-refractivity contribution < 1.29 is 13.2 Å². The van der Waals surface area contributed by atoms with Gasteiger partial charge in [0.2, 0.25) is 0 Å². The molecule has 1 heterocycles. The molecule has 2 fully saturated rings. The van der Waals surface area contributed by atoms with Crippen LogP contribution in [0.4, 0.5) is 4.79 Å². The van der Waals surface area contributed by atoms with Gasteiger partial charge < -0.3 is 16.0 Å². The largest absolute Gasteiger partial charge is 0.338 e. The molecule has 1 aliphatic carbocycles. The molecule has 7 heteroatoms. The summed E-state index contributed by atoms with van der Waals surface area (Å²) in [4.78, 5) is 11.9. The maximum atomic E-state index is 11.9. The molecule has 3 N–H and O–H groups in total. The van der Waals surface area contributed by atoms with Gasteiger partial charge in [-0.25, -0.2) is 13.2 Å². The number of amides is 2. The van der Waals surface area contributed by atoms with Crippen molar-refractivity contribution in [3.63, 3.8) is 0 Å². The van der Waals surface area contributed by atoms with Crippen molar-refractivity contribution in [1.82, 2.24) is 16.0 Å². The van der Waals surface area contributed by atoms with Gasteiger partial charge in [-0.1, -0.05) is 6.42 Å². The number of carbonyl (C=O) groups is 1. The van der Waals surface area contributed by atoms with Crippen LogP contribution in [0.1, 0.15) is 44.9 Å². The minimum atomic E-state index is -3.00. The molecule has 2 atom stereocenters. The minimum Gasteiger partial charge on any atom is -0.338 e. The Bertz CT molecular complexity index is 461. The molecule has 0 spiro atoms. The monoisotopic (exact) mass is 331 g/mol. The summed E-state index contributed by atoms with van der Waals surface area (Å²) in [5, 5.41) is 8.87. The fourth-order valence-corrected chi connectivity index (χ4v) is 4.64. The van der Waals surface area contributed by atoms with E-state index in [9.17, 15) is 13.2 Å². The quantitative estimate of drug-likeness (QED) is 0.702. The molecule has 2 amide bonds. The van der Waals surface area contributed by atoms with Gasteiger partial charge in [0.05, 0.1) is 5.25 Å². The second kappa shape index (κ2) is 8.15. The zero-order chi connectivity index (χ0) is 16.0. The molecule has 2 unspecified atom stereocenters. The third-order valence-electron chi connectivity index (χ3n) is 4.86. The van der Waals surface area contributed by atoms with E-state index in [1.165, 1.54) is 19.1 Å². The van der Waals surface area contributed by atoms with E-state index in [4.69, 9.17) is 0 Å². The van der Waals surface area contributed by atoms with Crippen LogP contribution < -0.4 is 16.0 Å². The predicted octanol–water partition coefficient (Wildman–Crippen LogP) is 1.03. The highest BCUT2D eigenvalue weighted by atomic mass is 32.2. The van der Waals surface area contributed by atoms with Gasteiger partial charge in [-0.2, -0.15) is 0 Å². The van der Waals surface area contributed by atoms with E-state index >= 15 is 0 Å². The zero-order valence-corrected chi connectivity index (χ0v) is 14.3. The van der Waals surface area contributed by atoms with E-state index in [1.807, 2.05) is 0 Å². The summed E-state index contributed by atoms with van der Waals surface area (Å²) < 4.78 is 23.3. The van der Waals surface area contributed by atoms with Crippen molar-refractivity contribution in [3.8, 4) is 0 Å². The average molecular weight is 331 g/mol. The highest BCUT2D eigenvalue weighted by Crippen LogP contribution is 2.23. The summed E-state index contributed by atoms with van der Waals surface area (Å²) in [5.74, 6) is 0.700. The lowest BCUT2D eigenvalue weighted by Gasteiger charge is -2.28. The molecule has 2 aliphatic rings. The Kier molecular flexibility index (Phi) is 6.50. The molecule has 6 nitrogen and oxygen atoms in total. The number of carbonyl (C=O) groups excluding carboxylic acids is 1. The van der Waals surface area contributed by atoms with Gasteiger partial charge in [-0.15, -0.1) is 0 Å². The first-order valence-electron chi connectivity index (χ1n) is 8.39. The first kappa shape index (κ1) is 17.5. The lowest BCUT2D eigenvalue weighted by molar-refractivity contribution is 0.231. The Balaban J connectivity index is 1.65. The van der Waals surface area contributed by atoms with Crippen LogP contribution in [0.5, 0.6) is 0 Å². The van der Waals surface area contributed by atoms with Crippen molar-refractivity contribution >= 4 is 15.9 Å². The van der Waals surface area contributed by atoms with Crippen LogP contribution in [0.15, 0.2) is 0 Å². The van der Waals surface area contributed by atoms with Crippen LogP contribution in [-0.4, -0.2) is 51.6 Å². The third kappa shape index (κ3) is 5.76. The summed E-state index contributed by atoms with van der Waals surface area (Å²) in [6.45, 7) is 2.84. The van der Waals surface area contributed by atoms with Gasteiger partial charge in [-0.05, 0) is 57.5 Å². The summed E-state index contributed by atoms with van der Waals surface area (Å²) in [5.41, 5.74) is 0. The Morgan fingerprint density at radius 2 is 1.91 bits per heavy atom. The topological polar surface area (TPSA) is 87.3 Å². The summed E-state index contributed by atoms with van der Waals surface area (Å²) in [6.07, 6.45) is 7.66. The molecule has 0 aromatic rings. The number of nitrogens with one attached hydrogen (secondary N) is 3. The van der Waals surface area contributed by atoms with E-state index in [0.29, 0.717) is 25.3 Å². The maximum Gasteiger partial charge on any atom is 0.315 e. The smallest absolute Gasteiger partial charge is 0.315 e. The highest BCUT2D eigenvalue weighted by molar-refractivity contribution is 7.91. The van der Waals surface area contributed by atoms with Crippen LogP contribution in [0, 0.1) is 5.92 Å². The lowest BCUT2D eigenvalue weighted by atomic mass is 9.94. The Morgan fingerprint density at radius 3 is 2.59 bits per heavy atom. The van der Waals surface area contributed by atoms with Gasteiger partial charge in [-0.3, -0.25) is 0 Å². The maximum absolute atomic E-state index is 11.9. The normalized spacial score (nSPS) is 27.3. The van der Waals surface area contributed by atoms with Gasteiger partial charge in [0.15, 0.2) is 0 Å². The van der Waals surface area contributed by atoms with Crippen LogP contribution in [0.3, 0.4) is 0 Å². The van der Waals surface area contributed by atoms with E-state index in [-0.39, 0.29) is 17.3 Å². The SMILES string of the molecule is CS(=O)(=O)C1CCCC(NC(=O)NCCC2CCNCC2)C1. The van der Waals surface area contributed by atoms with Crippen LogP contribution in [-0.2, 0) is 9.84 Å². The number of sulfone groups is 1. The molecule has 1 aliphatic heterocycles. The fraction of sp³-hybridized carbons (Fsp3) is 0.933. The second-order valence-electron chi connectivity index (χ2n) is 6.70. The highest BCUT2D eigenvalue weighted by Gasteiger charge is 2.29. The van der Waals surface area contributed by atoms with Crippen LogP contribution in [0.25, 0.3) is 0 Å². The molecule has 128 valence electrons. The van der Waals surface area contributed by atoms with Gasteiger partial charge in [0.25, 0.3) is 0 Å². The van der Waals surface area contributed by atoms with Crippen molar-refractivity contribution in [2.24, 2.45) is 5.92 Å². The van der Waals surface area contributed by atoms with E-state index < -0.39 is 9.84 Å². The fourth-order valence-electron chi connectivity index (χ4n) is 3.46. The molecule has 0 bridgehead atoms. The van der Waals surface area contributed by atoms with E-state index in [2.05, 4.69) is 16.0 Å². The molecule has 2 rings (SSSR count). The van der Waals surface area contributed by atoms with Crippen molar-refractivity contribution in [2.45, 2.75) is 56.2 Å². The number of rotatable bonds is 5.